The molecule has 0 N–H and O–H groups in total. The van der Waals surface area contributed by atoms with Crippen LogP contribution in [0, 0.1) is 3.57 Å². The molecule has 0 atom stereocenters. The second-order valence-corrected chi connectivity index (χ2v) is 5.39. The first kappa shape index (κ1) is 15.5. The lowest BCUT2D eigenvalue weighted by atomic mass is 10.1. The summed E-state index contributed by atoms with van der Waals surface area (Å²) in [7, 11) is 1.54. The molecule has 0 aliphatic carbocycles. The van der Waals surface area contributed by atoms with Crippen molar-refractivity contribution in [3.8, 4) is 11.4 Å². The van der Waals surface area contributed by atoms with Crippen LogP contribution < -0.4 is 0 Å². The Kier molecular flexibility index (Phi) is 5.22. The Morgan fingerprint density at radius 2 is 2.10 bits per heavy atom. The summed E-state index contributed by atoms with van der Waals surface area (Å²) in [6.07, 6.45) is -2.53. The third-order valence-corrected chi connectivity index (χ3v) is 4.28. The van der Waals surface area contributed by atoms with Crippen molar-refractivity contribution < 1.29 is 13.5 Å². The maximum atomic E-state index is 12.7. The summed E-state index contributed by atoms with van der Waals surface area (Å²) in [4.78, 5) is 8.45. The molecule has 0 spiro atoms. The smallest absolute Gasteiger partial charge is 0.263 e. The number of benzene rings is 1. The molecule has 0 saturated heterocycles. The summed E-state index contributed by atoms with van der Waals surface area (Å²) < 4.78 is 31.2. The molecule has 0 fully saturated rings. The van der Waals surface area contributed by atoms with Gasteiger partial charge in [-0.2, -0.15) is 0 Å². The van der Waals surface area contributed by atoms with Gasteiger partial charge in [0.2, 0.25) is 0 Å². The number of nitrogens with zero attached hydrogens (tertiary/aromatic N) is 2. The molecule has 20 heavy (non-hydrogen) atoms. The van der Waals surface area contributed by atoms with Crippen molar-refractivity contribution >= 4 is 34.2 Å². The van der Waals surface area contributed by atoms with E-state index >= 15 is 0 Å². The Bertz CT molecular complexity index is 625. The highest BCUT2D eigenvalue weighted by Gasteiger charge is 2.14. The third-order valence-electron chi connectivity index (χ3n) is 2.56. The monoisotopic (exact) mass is 410 g/mol. The summed E-state index contributed by atoms with van der Waals surface area (Å²) in [5, 5.41) is 0.283. The van der Waals surface area contributed by atoms with Crippen molar-refractivity contribution in [2.45, 2.75) is 13.0 Å². The number of alkyl halides is 2. The first-order chi connectivity index (χ1) is 9.52. The highest BCUT2D eigenvalue weighted by molar-refractivity contribution is 14.1. The third kappa shape index (κ3) is 3.42. The molecule has 2 rings (SSSR count). The van der Waals surface area contributed by atoms with Gasteiger partial charge in [-0.25, -0.2) is 18.7 Å². The standard InChI is InChI=1S/C13H10ClF2IN2O/c1-20-6-9-10(17)11(14)19-13(18-9)8-4-2-3-7(5-8)12(15)16/h2-5,12H,6H2,1H3. The van der Waals surface area contributed by atoms with Crippen LogP contribution in [0.2, 0.25) is 5.15 Å². The zero-order valence-electron chi connectivity index (χ0n) is 10.4. The molecule has 0 bridgehead atoms. The van der Waals surface area contributed by atoms with E-state index in [4.69, 9.17) is 16.3 Å². The number of halogens is 4. The Hall–Kier alpha value is -0.860. The number of ether oxygens (including phenoxy) is 1. The maximum absolute atomic E-state index is 12.7. The molecule has 0 saturated carbocycles. The van der Waals surface area contributed by atoms with Crippen molar-refractivity contribution in [1.29, 1.82) is 0 Å². The Morgan fingerprint density at radius 3 is 2.75 bits per heavy atom. The van der Waals surface area contributed by atoms with E-state index < -0.39 is 6.43 Å². The lowest BCUT2D eigenvalue weighted by molar-refractivity contribution is 0.151. The number of aromatic nitrogens is 2. The summed E-state index contributed by atoms with van der Waals surface area (Å²) in [5.41, 5.74) is 1.05. The van der Waals surface area contributed by atoms with E-state index in [1.807, 2.05) is 22.6 Å². The molecule has 1 heterocycles. The average molecular weight is 411 g/mol. The van der Waals surface area contributed by atoms with Crippen molar-refractivity contribution in [2.75, 3.05) is 7.11 Å². The predicted molar refractivity (Wildman–Crippen MR) is 80.9 cm³/mol. The molecule has 0 aliphatic heterocycles. The Morgan fingerprint density at radius 1 is 1.35 bits per heavy atom. The van der Waals surface area contributed by atoms with E-state index in [9.17, 15) is 8.78 Å². The van der Waals surface area contributed by atoms with Gasteiger partial charge < -0.3 is 4.74 Å². The van der Waals surface area contributed by atoms with Gasteiger partial charge >= 0.3 is 0 Å². The Labute approximate surface area is 133 Å². The quantitative estimate of drug-likeness (QED) is 0.550. The number of hydrogen-bond acceptors (Lipinski definition) is 3. The van der Waals surface area contributed by atoms with Crippen molar-refractivity contribution in [3.63, 3.8) is 0 Å². The largest absolute Gasteiger partial charge is 0.378 e. The summed E-state index contributed by atoms with van der Waals surface area (Å²) in [5.74, 6) is 0.310. The van der Waals surface area contributed by atoms with Crippen LogP contribution in [0.25, 0.3) is 11.4 Å². The molecular formula is C13H10ClF2IN2O. The van der Waals surface area contributed by atoms with Gasteiger partial charge in [0.1, 0.15) is 5.15 Å². The van der Waals surface area contributed by atoms with Crippen LogP contribution >= 0.6 is 34.2 Å². The van der Waals surface area contributed by atoms with Crippen LogP contribution in [0.1, 0.15) is 17.7 Å². The molecule has 0 amide bonds. The second kappa shape index (κ2) is 6.73. The van der Waals surface area contributed by atoms with Crippen LogP contribution in [-0.2, 0) is 11.3 Å². The lowest BCUT2D eigenvalue weighted by Crippen LogP contribution is -2.02. The van der Waals surface area contributed by atoms with Gasteiger partial charge in [0, 0.05) is 18.2 Å². The van der Waals surface area contributed by atoms with Gasteiger partial charge in [-0.3, -0.25) is 0 Å². The van der Waals surface area contributed by atoms with Crippen LogP contribution in [0.4, 0.5) is 8.78 Å². The average Bonchev–Trinajstić information content (AvgIpc) is 2.44. The molecule has 1 aromatic heterocycles. The lowest BCUT2D eigenvalue weighted by Gasteiger charge is -2.08. The number of methoxy groups -OCH3 is 1. The van der Waals surface area contributed by atoms with Crippen LogP contribution in [0.3, 0.4) is 0 Å². The van der Waals surface area contributed by atoms with Crippen molar-refractivity contribution in [3.05, 3.63) is 44.2 Å². The molecule has 106 valence electrons. The minimum Gasteiger partial charge on any atom is -0.378 e. The zero-order chi connectivity index (χ0) is 14.7. The van der Waals surface area contributed by atoms with Crippen LogP contribution in [0.15, 0.2) is 24.3 Å². The minimum atomic E-state index is -2.53. The normalized spacial score (nSPS) is 11.1. The van der Waals surface area contributed by atoms with E-state index in [0.29, 0.717) is 20.7 Å². The van der Waals surface area contributed by atoms with Gasteiger partial charge in [0.15, 0.2) is 5.82 Å². The minimum absolute atomic E-state index is 0.0749. The van der Waals surface area contributed by atoms with Gasteiger partial charge in [0.25, 0.3) is 6.43 Å². The molecule has 1 aromatic carbocycles. The fraction of sp³-hybridized carbons (Fsp3) is 0.231. The molecule has 0 unspecified atom stereocenters. The fourth-order valence-electron chi connectivity index (χ4n) is 1.64. The van der Waals surface area contributed by atoms with E-state index in [1.165, 1.54) is 12.1 Å². The topological polar surface area (TPSA) is 35.0 Å². The van der Waals surface area contributed by atoms with E-state index in [2.05, 4.69) is 9.97 Å². The predicted octanol–water partition coefficient (Wildman–Crippen LogP) is 4.49. The van der Waals surface area contributed by atoms with Gasteiger partial charge in [0.05, 0.1) is 15.9 Å². The van der Waals surface area contributed by atoms with Gasteiger partial charge in [-0.15, -0.1) is 0 Å². The summed E-state index contributed by atoms with van der Waals surface area (Å²) in [6.45, 7) is 0.280. The number of hydrogen-bond donors (Lipinski definition) is 0. The van der Waals surface area contributed by atoms with Crippen molar-refractivity contribution in [2.24, 2.45) is 0 Å². The molecule has 3 nitrogen and oxygen atoms in total. The highest BCUT2D eigenvalue weighted by atomic mass is 127. The fourth-order valence-corrected chi connectivity index (χ4v) is 2.22. The first-order valence-electron chi connectivity index (χ1n) is 5.62. The molecule has 0 radical (unpaired) electrons. The van der Waals surface area contributed by atoms with Gasteiger partial charge in [-0.1, -0.05) is 29.8 Å². The van der Waals surface area contributed by atoms with E-state index in [0.717, 1.165) is 0 Å². The second-order valence-electron chi connectivity index (χ2n) is 3.96. The molecule has 2 aromatic rings. The summed E-state index contributed by atoms with van der Waals surface area (Å²) >= 11 is 8.07. The summed E-state index contributed by atoms with van der Waals surface area (Å²) in [6, 6.07) is 5.93. The highest BCUT2D eigenvalue weighted by Crippen LogP contribution is 2.27. The first-order valence-corrected chi connectivity index (χ1v) is 7.08. The zero-order valence-corrected chi connectivity index (χ0v) is 13.3. The van der Waals surface area contributed by atoms with E-state index in [-0.39, 0.29) is 17.3 Å². The van der Waals surface area contributed by atoms with E-state index in [1.54, 1.807) is 19.2 Å². The number of rotatable bonds is 4. The molecule has 7 heteroatoms. The SMILES string of the molecule is COCc1nc(-c2cccc(C(F)F)c2)nc(Cl)c1I. The molecule has 0 aliphatic rings. The Balaban J connectivity index is 2.49. The van der Waals surface area contributed by atoms with Crippen LogP contribution in [0.5, 0.6) is 0 Å². The molecular weight excluding hydrogens is 401 g/mol. The van der Waals surface area contributed by atoms with Crippen LogP contribution in [-0.4, -0.2) is 17.1 Å². The maximum Gasteiger partial charge on any atom is 0.263 e. The van der Waals surface area contributed by atoms with Gasteiger partial charge in [-0.05, 0) is 28.7 Å². The van der Waals surface area contributed by atoms with Crippen molar-refractivity contribution in [1.82, 2.24) is 9.97 Å².